The van der Waals surface area contributed by atoms with E-state index in [2.05, 4.69) is 5.32 Å². The largest absolute Gasteiger partial charge is 0.497 e. The Morgan fingerprint density at radius 2 is 1.77 bits per heavy atom. The van der Waals surface area contributed by atoms with Crippen LogP contribution in [-0.2, 0) is 19.6 Å². The van der Waals surface area contributed by atoms with Crippen molar-refractivity contribution in [3.63, 3.8) is 0 Å². The standard InChI is InChI=1S/C21H26N2O6S/c1-15(2)29-20(24)12-13-22-21(25)16-6-5-7-19(14-16)30(26,27)23(3)17-8-10-18(28-4)11-9-17/h5-11,14-15H,12-13H2,1-4H3,(H,22,25). The Bertz CT molecular complexity index is 987. The van der Waals surface area contributed by atoms with Crippen molar-refractivity contribution < 1.29 is 27.5 Å². The lowest BCUT2D eigenvalue weighted by Crippen LogP contribution is -2.28. The Morgan fingerprint density at radius 3 is 2.37 bits per heavy atom. The number of ether oxygens (including phenoxy) is 2. The van der Waals surface area contributed by atoms with Crippen molar-refractivity contribution in [1.29, 1.82) is 0 Å². The van der Waals surface area contributed by atoms with Gasteiger partial charge in [0.25, 0.3) is 15.9 Å². The van der Waals surface area contributed by atoms with E-state index in [9.17, 15) is 18.0 Å². The first-order chi connectivity index (χ1) is 14.1. The third-order valence-corrected chi connectivity index (χ3v) is 5.95. The van der Waals surface area contributed by atoms with Crippen LogP contribution in [0.5, 0.6) is 5.75 Å². The summed E-state index contributed by atoms with van der Waals surface area (Å²) in [6.45, 7) is 3.57. The van der Waals surface area contributed by atoms with Crippen LogP contribution in [0.4, 0.5) is 5.69 Å². The van der Waals surface area contributed by atoms with Crippen molar-refractivity contribution in [2.75, 3.05) is 25.0 Å². The van der Waals surface area contributed by atoms with Gasteiger partial charge in [0.05, 0.1) is 30.2 Å². The van der Waals surface area contributed by atoms with Crippen LogP contribution in [0.3, 0.4) is 0 Å². The van der Waals surface area contributed by atoms with E-state index in [4.69, 9.17) is 9.47 Å². The van der Waals surface area contributed by atoms with Crippen molar-refractivity contribution in [2.24, 2.45) is 0 Å². The fourth-order valence-corrected chi connectivity index (χ4v) is 3.83. The van der Waals surface area contributed by atoms with Crippen LogP contribution in [0.25, 0.3) is 0 Å². The molecule has 2 aromatic carbocycles. The molecule has 0 fully saturated rings. The summed E-state index contributed by atoms with van der Waals surface area (Å²) < 4.78 is 37.2. The molecule has 0 heterocycles. The molecule has 8 nitrogen and oxygen atoms in total. The highest BCUT2D eigenvalue weighted by molar-refractivity contribution is 7.92. The zero-order valence-electron chi connectivity index (χ0n) is 17.4. The minimum Gasteiger partial charge on any atom is -0.497 e. The molecule has 162 valence electrons. The summed E-state index contributed by atoms with van der Waals surface area (Å²) in [5.74, 6) is -0.278. The maximum atomic E-state index is 13.0. The summed E-state index contributed by atoms with van der Waals surface area (Å²) in [6, 6.07) is 12.3. The average molecular weight is 435 g/mol. The highest BCUT2D eigenvalue weighted by Gasteiger charge is 2.22. The molecule has 9 heteroatoms. The maximum absolute atomic E-state index is 13.0. The Morgan fingerprint density at radius 1 is 1.10 bits per heavy atom. The molecule has 0 bridgehead atoms. The van der Waals surface area contributed by atoms with Gasteiger partial charge in [0.15, 0.2) is 0 Å². The van der Waals surface area contributed by atoms with E-state index in [1.54, 1.807) is 38.1 Å². The number of rotatable bonds is 9. The quantitative estimate of drug-likeness (QED) is 0.609. The molecular formula is C21H26N2O6S. The monoisotopic (exact) mass is 434 g/mol. The number of methoxy groups -OCH3 is 1. The van der Waals surface area contributed by atoms with Gasteiger partial charge in [-0.25, -0.2) is 8.42 Å². The van der Waals surface area contributed by atoms with E-state index in [-0.39, 0.29) is 29.5 Å². The van der Waals surface area contributed by atoms with Crippen molar-refractivity contribution in [3.05, 3.63) is 54.1 Å². The number of carbonyl (C=O) groups excluding carboxylic acids is 2. The number of nitrogens with one attached hydrogen (secondary N) is 1. The van der Waals surface area contributed by atoms with Gasteiger partial charge in [-0.2, -0.15) is 0 Å². The number of esters is 1. The molecule has 2 aromatic rings. The zero-order chi connectivity index (χ0) is 22.3. The topological polar surface area (TPSA) is 102 Å². The molecule has 0 spiro atoms. The van der Waals surface area contributed by atoms with Gasteiger partial charge < -0.3 is 14.8 Å². The van der Waals surface area contributed by atoms with Crippen LogP contribution in [0, 0.1) is 0 Å². The molecule has 0 aromatic heterocycles. The first-order valence-electron chi connectivity index (χ1n) is 9.36. The molecule has 0 radical (unpaired) electrons. The van der Waals surface area contributed by atoms with Gasteiger partial charge in [-0.3, -0.25) is 13.9 Å². The Kier molecular flexibility index (Phi) is 7.82. The van der Waals surface area contributed by atoms with E-state index in [0.29, 0.717) is 11.4 Å². The molecule has 1 N–H and O–H groups in total. The predicted molar refractivity (Wildman–Crippen MR) is 113 cm³/mol. The number of hydrogen-bond donors (Lipinski definition) is 1. The van der Waals surface area contributed by atoms with Gasteiger partial charge in [0.2, 0.25) is 0 Å². The van der Waals surface area contributed by atoms with Gasteiger partial charge in [-0.05, 0) is 56.3 Å². The van der Waals surface area contributed by atoms with Crippen molar-refractivity contribution in [1.82, 2.24) is 5.32 Å². The molecule has 0 saturated heterocycles. The zero-order valence-corrected chi connectivity index (χ0v) is 18.2. The van der Waals surface area contributed by atoms with Gasteiger partial charge in [0.1, 0.15) is 5.75 Å². The maximum Gasteiger partial charge on any atom is 0.307 e. The third kappa shape index (κ3) is 5.96. The van der Waals surface area contributed by atoms with E-state index >= 15 is 0 Å². The molecule has 0 aliphatic rings. The van der Waals surface area contributed by atoms with Gasteiger partial charge in [-0.1, -0.05) is 6.07 Å². The highest BCUT2D eigenvalue weighted by atomic mass is 32.2. The van der Waals surface area contributed by atoms with Crippen molar-refractivity contribution in [3.8, 4) is 5.75 Å². The average Bonchev–Trinajstić information content (AvgIpc) is 2.72. The summed E-state index contributed by atoms with van der Waals surface area (Å²) in [5, 5.41) is 2.59. The van der Waals surface area contributed by atoms with E-state index < -0.39 is 21.9 Å². The second kappa shape index (κ2) is 10.1. The van der Waals surface area contributed by atoms with Crippen LogP contribution in [-0.4, -0.2) is 47.1 Å². The lowest BCUT2D eigenvalue weighted by atomic mass is 10.2. The number of sulfonamides is 1. The SMILES string of the molecule is COc1ccc(N(C)S(=O)(=O)c2cccc(C(=O)NCCC(=O)OC(C)C)c2)cc1. The van der Waals surface area contributed by atoms with E-state index in [1.807, 2.05) is 0 Å². The Labute approximate surface area is 176 Å². The molecular weight excluding hydrogens is 408 g/mol. The number of carbonyl (C=O) groups is 2. The minimum atomic E-state index is -3.88. The lowest BCUT2D eigenvalue weighted by Gasteiger charge is -2.20. The summed E-state index contributed by atoms with van der Waals surface area (Å²) in [5.41, 5.74) is 0.630. The molecule has 0 unspecified atom stereocenters. The van der Waals surface area contributed by atoms with Crippen molar-refractivity contribution in [2.45, 2.75) is 31.3 Å². The molecule has 0 aliphatic heterocycles. The fourth-order valence-electron chi connectivity index (χ4n) is 2.59. The number of benzene rings is 2. The van der Waals surface area contributed by atoms with Gasteiger partial charge in [-0.15, -0.1) is 0 Å². The molecule has 0 saturated carbocycles. The van der Waals surface area contributed by atoms with Crippen LogP contribution in [0.15, 0.2) is 53.4 Å². The van der Waals surface area contributed by atoms with Gasteiger partial charge >= 0.3 is 5.97 Å². The van der Waals surface area contributed by atoms with Crippen LogP contribution in [0.1, 0.15) is 30.6 Å². The summed E-state index contributed by atoms with van der Waals surface area (Å²) in [4.78, 5) is 23.9. The van der Waals surface area contributed by atoms with Crippen molar-refractivity contribution >= 4 is 27.6 Å². The number of anilines is 1. The van der Waals surface area contributed by atoms with Crippen LogP contribution < -0.4 is 14.4 Å². The first-order valence-corrected chi connectivity index (χ1v) is 10.8. The van der Waals surface area contributed by atoms with E-state index in [0.717, 1.165) is 4.31 Å². The minimum absolute atomic E-state index is 0.0207. The Balaban J connectivity index is 2.10. The Hall–Kier alpha value is -3.07. The smallest absolute Gasteiger partial charge is 0.307 e. The molecule has 2 rings (SSSR count). The number of hydrogen-bond acceptors (Lipinski definition) is 6. The number of amides is 1. The molecule has 0 aliphatic carbocycles. The lowest BCUT2D eigenvalue weighted by molar-refractivity contribution is -0.147. The highest BCUT2D eigenvalue weighted by Crippen LogP contribution is 2.24. The first kappa shape index (κ1) is 23.2. The van der Waals surface area contributed by atoms with Crippen LogP contribution >= 0.6 is 0 Å². The van der Waals surface area contributed by atoms with Gasteiger partial charge in [0, 0.05) is 19.2 Å². The molecule has 30 heavy (non-hydrogen) atoms. The predicted octanol–water partition coefficient (Wildman–Crippen LogP) is 2.59. The second-order valence-corrected chi connectivity index (χ2v) is 8.71. The normalized spacial score (nSPS) is 11.1. The van der Waals surface area contributed by atoms with E-state index in [1.165, 1.54) is 38.4 Å². The van der Waals surface area contributed by atoms with Crippen LogP contribution in [0.2, 0.25) is 0 Å². The molecule has 0 atom stereocenters. The molecule has 1 amide bonds. The summed E-state index contributed by atoms with van der Waals surface area (Å²) in [6.07, 6.45) is -0.194. The number of nitrogens with zero attached hydrogens (tertiary/aromatic N) is 1. The summed E-state index contributed by atoms with van der Waals surface area (Å²) >= 11 is 0. The third-order valence-electron chi connectivity index (χ3n) is 4.17. The summed E-state index contributed by atoms with van der Waals surface area (Å²) in [7, 11) is -0.915. The fraction of sp³-hybridized carbons (Fsp3) is 0.333. The second-order valence-electron chi connectivity index (χ2n) is 6.74.